The molecular formula is C6H5BrO3SSn. The van der Waals surface area contributed by atoms with E-state index < -0.39 is 10.1 Å². The summed E-state index contributed by atoms with van der Waals surface area (Å²) in [7, 11) is -3.48. The molecule has 1 aromatic carbocycles. The molecule has 0 unspecified atom stereocenters. The van der Waals surface area contributed by atoms with Gasteiger partial charge < -0.3 is 0 Å². The van der Waals surface area contributed by atoms with E-state index in [1.165, 1.54) is 12.1 Å². The fraction of sp³-hybridized carbons (Fsp3) is 0. The van der Waals surface area contributed by atoms with Gasteiger partial charge in [0.05, 0.1) is 0 Å². The SMILES string of the molecule is O=S(=O)([O][SnH])c1ccc(Br)cc1. The summed E-state index contributed by atoms with van der Waals surface area (Å²) in [6.07, 6.45) is 0. The standard InChI is InChI=1S/C6H5BrO3S.Sn.H/c7-5-1-3-6(4-2-5)11(8,9)10;;/h1-4H,(H,8,9,10);;/q;+1;/p-1. The van der Waals surface area contributed by atoms with Crippen molar-refractivity contribution in [2.24, 2.45) is 0 Å². The zero-order valence-electron chi connectivity index (χ0n) is 5.90. The first-order chi connectivity index (χ1) is 5.56. The van der Waals surface area contributed by atoms with Gasteiger partial charge in [-0.15, -0.1) is 0 Å². The van der Waals surface area contributed by atoms with Gasteiger partial charge in [-0.05, 0) is 0 Å². The minimum atomic E-state index is -3.48. The van der Waals surface area contributed by atoms with Crippen molar-refractivity contribution in [1.82, 2.24) is 0 Å². The summed E-state index contributed by atoms with van der Waals surface area (Å²) >= 11 is 3.45. The van der Waals surface area contributed by atoms with E-state index in [2.05, 4.69) is 18.5 Å². The Morgan fingerprint density at radius 3 is 2.17 bits per heavy atom. The maximum absolute atomic E-state index is 11.1. The summed E-state index contributed by atoms with van der Waals surface area (Å²) in [5, 5.41) is 0. The Morgan fingerprint density at radius 2 is 1.75 bits per heavy atom. The van der Waals surface area contributed by atoms with Crippen LogP contribution in [0.3, 0.4) is 0 Å². The van der Waals surface area contributed by atoms with Crippen molar-refractivity contribution in [2.45, 2.75) is 4.90 Å². The molecule has 0 N–H and O–H groups in total. The second-order valence-corrected chi connectivity index (χ2v) is 6.14. The summed E-state index contributed by atoms with van der Waals surface area (Å²) in [6.45, 7) is 0. The molecule has 0 heterocycles. The average molecular weight is 356 g/mol. The quantitative estimate of drug-likeness (QED) is 0.743. The molecule has 0 aliphatic heterocycles. The molecule has 0 saturated carbocycles. The van der Waals surface area contributed by atoms with Gasteiger partial charge in [-0.2, -0.15) is 0 Å². The summed E-state index contributed by atoms with van der Waals surface area (Å²) in [4.78, 5) is 0.193. The Labute approximate surface area is 93.0 Å². The van der Waals surface area contributed by atoms with Crippen LogP contribution in [0, 0.1) is 0 Å². The normalized spacial score (nSPS) is 11.5. The molecule has 0 atom stereocenters. The number of hydrogen-bond donors (Lipinski definition) is 0. The zero-order chi connectivity index (χ0) is 9.19. The predicted octanol–water partition coefficient (Wildman–Crippen LogP) is 0.970. The third-order valence-corrected chi connectivity index (χ3v) is 5.03. The van der Waals surface area contributed by atoms with E-state index in [0.29, 0.717) is 0 Å². The molecule has 64 valence electrons. The van der Waals surface area contributed by atoms with E-state index in [1.807, 2.05) is 0 Å². The van der Waals surface area contributed by atoms with Crippen LogP contribution in [0.2, 0.25) is 0 Å². The van der Waals surface area contributed by atoms with E-state index in [4.69, 9.17) is 0 Å². The predicted molar refractivity (Wildman–Crippen MR) is 49.6 cm³/mol. The third kappa shape index (κ3) is 2.45. The van der Waals surface area contributed by atoms with Gasteiger partial charge in [0.2, 0.25) is 0 Å². The van der Waals surface area contributed by atoms with Crippen molar-refractivity contribution in [2.75, 3.05) is 0 Å². The van der Waals surface area contributed by atoms with Crippen LogP contribution in [0.4, 0.5) is 0 Å². The van der Waals surface area contributed by atoms with Gasteiger partial charge in [-0.1, -0.05) is 0 Å². The molecule has 1 aromatic rings. The van der Waals surface area contributed by atoms with Crippen LogP contribution in [0.5, 0.6) is 0 Å². The molecule has 0 bridgehead atoms. The van der Waals surface area contributed by atoms with Gasteiger partial charge in [0.1, 0.15) is 0 Å². The summed E-state index contributed by atoms with van der Waals surface area (Å²) in [5.74, 6) is 0. The number of halogens is 1. The van der Waals surface area contributed by atoms with E-state index in [1.54, 1.807) is 12.1 Å². The van der Waals surface area contributed by atoms with Crippen LogP contribution in [0.25, 0.3) is 0 Å². The van der Waals surface area contributed by atoms with Gasteiger partial charge in [0, 0.05) is 0 Å². The van der Waals surface area contributed by atoms with E-state index >= 15 is 0 Å². The Morgan fingerprint density at radius 1 is 1.25 bits per heavy atom. The Balaban J connectivity index is 3.14. The Hall–Kier alpha value is 0.409. The Kier molecular flexibility index (Phi) is 3.57. The van der Waals surface area contributed by atoms with Crippen molar-refractivity contribution < 1.29 is 10.9 Å². The number of hydrogen-bond acceptors (Lipinski definition) is 3. The molecule has 0 saturated heterocycles. The first kappa shape index (κ1) is 10.5. The molecule has 0 amide bonds. The molecule has 2 radical (unpaired) electrons. The third-order valence-electron chi connectivity index (χ3n) is 1.23. The first-order valence-electron chi connectivity index (χ1n) is 2.95. The number of benzene rings is 1. The van der Waals surface area contributed by atoms with Gasteiger partial charge in [0.15, 0.2) is 0 Å². The molecule has 0 fully saturated rings. The van der Waals surface area contributed by atoms with Crippen molar-refractivity contribution in [3.63, 3.8) is 0 Å². The fourth-order valence-electron chi connectivity index (χ4n) is 0.657. The average Bonchev–Trinajstić information content (AvgIpc) is 2.05. The summed E-state index contributed by atoms with van der Waals surface area (Å²) < 4.78 is 27.5. The molecule has 1 rings (SSSR count). The first-order valence-corrected chi connectivity index (χ1v) is 6.50. The molecule has 0 spiro atoms. The second kappa shape index (κ2) is 4.08. The van der Waals surface area contributed by atoms with E-state index in [0.717, 1.165) is 4.47 Å². The molecule has 6 heteroatoms. The van der Waals surface area contributed by atoms with Crippen molar-refractivity contribution in [3.05, 3.63) is 28.7 Å². The zero-order valence-corrected chi connectivity index (χ0v) is 11.6. The van der Waals surface area contributed by atoms with Crippen LogP contribution in [-0.2, 0) is 12.6 Å². The van der Waals surface area contributed by atoms with Crippen LogP contribution in [0.1, 0.15) is 0 Å². The molecular weight excluding hydrogens is 351 g/mol. The molecule has 3 nitrogen and oxygen atoms in total. The van der Waals surface area contributed by atoms with Crippen LogP contribution < -0.4 is 0 Å². The van der Waals surface area contributed by atoms with Crippen LogP contribution in [-0.4, -0.2) is 31.4 Å². The van der Waals surface area contributed by atoms with Gasteiger partial charge in [0.25, 0.3) is 0 Å². The number of rotatable bonds is 2. The van der Waals surface area contributed by atoms with Crippen molar-refractivity contribution in [1.29, 1.82) is 0 Å². The molecule has 0 aliphatic rings. The van der Waals surface area contributed by atoms with Crippen molar-refractivity contribution in [3.8, 4) is 0 Å². The molecule has 12 heavy (non-hydrogen) atoms. The van der Waals surface area contributed by atoms with Gasteiger partial charge in [-0.25, -0.2) is 0 Å². The fourth-order valence-corrected chi connectivity index (χ4v) is 2.45. The maximum atomic E-state index is 11.1. The minimum absolute atomic E-state index is 0.193. The molecule has 0 aliphatic carbocycles. The van der Waals surface area contributed by atoms with Crippen molar-refractivity contribution >= 4 is 49.0 Å². The van der Waals surface area contributed by atoms with E-state index in [-0.39, 0.29) is 27.8 Å². The topological polar surface area (TPSA) is 43.4 Å². The summed E-state index contributed by atoms with van der Waals surface area (Å²) in [6, 6.07) is 6.31. The Bertz CT molecular complexity index is 359. The van der Waals surface area contributed by atoms with E-state index in [9.17, 15) is 8.42 Å². The van der Waals surface area contributed by atoms with Gasteiger partial charge >= 0.3 is 93.6 Å². The van der Waals surface area contributed by atoms with Crippen LogP contribution in [0.15, 0.2) is 33.6 Å². The second-order valence-electron chi connectivity index (χ2n) is 2.00. The summed E-state index contributed by atoms with van der Waals surface area (Å²) in [5.41, 5.74) is 0. The monoisotopic (exact) mass is 356 g/mol. The molecule has 0 aromatic heterocycles. The van der Waals surface area contributed by atoms with Crippen LogP contribution >= 0.6 is 15.9 Å². The van der Waals surface area contributed by atoms with Gasteiger partial charge in [-0.3, -0.25) is 0 Å².